The van der Waals surface area contributed by atoms with Crippen LogP contribution in [0.3, 0.4) is 0 Å². The number of rotatable bonds is 9. The Hall–Kier alpha value is -5.08. The molecule has 0 aliphatic carbocycles. The van der Waals surface area contributed by atoms with Gasteiger partial charge in [-0.05, 0) is 76.9 Å². The van der Waals surface area contributed by atoms with Crippen molar-refractivity contribution in [2.24, 2.45) is 0 Å². The Morgan fingerprint density at radius 2 is 1.69 bits per heavy atom. The number of fused-ring (bicyclic) bond motifs is 1. The van der Waals surface area contributed by atoms with Gasteiger partial charge in [-0.2, -0.15) is 5.10 Å². The highest BCUT2D eigenvalue weighted by molar-refractivity contribution is 7.80. The van der Waals surface area contributed by atoms with Crippen molar-refractivity contribution in [3.63, 3.8) is 0 Å². The normalized spacial score (nSPS) is 12.5. The minimum absolute atomic E-state index is 0.199. The molecule has 5 rings (SSSR count). The smallest absolute Gasteiger partial charge is 0.420 e. The molecule has 0 saturated carbocycles. The van der Waals surface area contributed by atoms with Crippen molar-refractivity contribution in [3.8, 4) is 28.0 Å². The molecule has 0 radical (unpaired) electrons. The molecule has 13 nitrogen and oxygen atoms in total. The predicted molar refractivity (Wildman–Crippen MR) is 182 cm³/mol. The second-order valence-corrected chi connectivity index (χ2v) is 13.9. The summed E-state index contributed by atoms with van der Waals surface area (Å²) in [6.07, 6.45) is 9.77. The predicted octanol–water partition coefficient (Wildman–Crippen LogP) is 6.09. The van der Waals surface area contributed by atoms with E-state index in [4.69, 9.17) is 14.2 Å². The Bertz CT molecular complexity index is 1980. The molecule has 0 spiro atoms. The van der Waals surface area contributed by atoms with Crippen LogP contribution in [-0.2, 0) is 32.1 Å². The second kappa shape index (κ2) is 13.6. The number of anilines is 1. The van der Waals surface area contributed by atoms with Crippen molar-refractivity contribution in [2.75, 3.05) is 18.0 Å². The van der Waals surface area contributed by atoms with Crippen LogP contribution in [0.25, 0.3) is 33.3 Å². The number of ether oxygens (including phenoxy) is 3. The highest BCUT2D eigenvalue weighted by Gasteiger charge is 2.26. The van der Waals surface area contributed by atoms with Crippen LogP contribution in [0.1, 0.15) is 47.1 Å². The maximum Gasteiger partial charge on any atom is 0.420 e. The van der Waals surface area contributed by atoms with Crippen molar-refractivity contribution < 1.29 is 32.6 Å². The number of carbonyl (C=O) groups is 2. The first-order valence-electron chi connectivity index (χ1n) is 15.1. The number of nitrogens with zero attached hydrogens (tertiary/aromatic N) is 6. The molecule has 48 heavy (non-hydrogen) atoms. The fourth-order valence-electron chi connectivity index (χ4n) is 4.99. The molecule has 0 fully saturated rings. The number of aromatic nitrogens is 5. The summed E-state index contributed by atoms with van der Waals surface area (Å²) in [4.78, 5) is 34.8. The van der Waals surface area contributed by atoms with Crippen LogP contribution in [0.4, 0.5) is 10.5 Å². The van der Waals surface area contributed by atoms with Crippen molar-refractivity contribution in [1.82, 2.24) is 24.3 Å². The monoisotopic (exact) mass is 674 g/mol. The van der Waals surface area contributed by atoms with Crippen LogP contribution >= 0.6 is 0 Å². The molecule has 4 aromatic heterocycles. The van der Waals surface area contributed by atoms with E-state index in [0.717, 1.165) is 15.4 Å². The molecule has 1 atom stereocenters. The van der Waals surface area contributed by atoms with E-state index < -0.39 is 41.1 Å². The Morgan fingerprint density at radius 1 is 0.938 bits per heavy atom. The summed E-state index contributed by atoms with van der Waals surface area (Å²) < 4.78 is 43.4. The van der Waals surface area contributed by atoms with E-state index in [2.05, 4.69) is 15.1 Å². The van der Waals surface area contributed by atoms with Gasteiger partial charge in [0.05, 0.1) is 25.5 Å². The molecule has 252 valence electrons. The largest absolute Gasteiger partial charge is 0.495 e. The summed E-state index contributed by atoms with van der Waals surface area (Å²) in [6.45, 7) is 10.5. The van der Waals surface area contributed by atoms with Crippen LogP contribution in [0.2, 0.25) is 0 Å². The highest BCUT2D eigenvalue weighted by atomic mass is 32.2. The van der Waals surface area contributed by atoms with E-state index in [1.54, 1.807) is 95.4 Å². The summed E-state index contributed by atoms with van der Waals surface area (Å²) in [6, 6.07) is 10.7. The molecule has 1 N–H and O–H groups in total. The molecule has 1 unspecified atom stereocenters. The zero-order valence-corrected chi connectivity index (χ0v) is 28.6. The van der Waals surface area contributed by atoms with Crippen LogP contribution in [-0.4, -0.2) is 70.0 Å². The minimum atomic E-state index is -2.58. The molecule has 0 amide bonds. The summed E-state index contributed by atoms with van der Waals surface area (Å²) in [5.41, 5.74) is 2.73. The Labute approximate surface area is 280 Å². The molecule has 0 aliphatic heterocycles. The Kier molecular flexibility index (Phi) is 9.69. The van der Waals surface area contributed by atoms with Crippen LogP contribution in [0.15, 0.2) is 73.6 Å². The van der Waals surface area contributed by atoms with Gasteiger partial charge in [-0.15, -0.1) is 0 Å². The zero-order valence-electron chi connectivity index (χ0n) is 27.8. The molecule has 4 heterocycles. The van der Waals surface area contributed by atoms with Crippen molar-refractivity contribution in [3.05, 3.63) is 79.1 Å². The first-order valence-corrected chi connectivity index (χ1v) is 16.1. The van der Waals surface area contributed by atoms with Gasteiger partial charge in [0.1, 0.15) is 29.1 Å². The first-order chi connectivity index (χ1) is 22.6. The van der Waals surface area contributed by atoms with E-state index in [1.807, 2.05) is 24.4 Å². The molecule has 5 aromatic rings. The molecular formula is C34H38N6O7S. The van der Waals surface area contributed by atoms with Gasteiger partial charge in [0.25, 0.3) is 11.3 Å². The van der Waals surface area contributed by atoms with Crippen molar-refractivity contribution in [2.45, 2.75) is 59.3 Å². The SMILES string of the molecule is COc1ccc(-c2cnc3c(c2)c(-c2cnn(Cc4cccnc4)c2)cn3C(=O)OC(C)(C)C)cc1N(CC(=O)OC(C)(C)C)S(=O)O. The summed E-state index contributed by atoms with van der Waals surface area (Å²) in [7, 11) is 1.43. The molecule has 0 saturated heterocycles. The third-order valence-electron chi connectivity index (χ3n) is 6.91. The van der Waals surface area contributed by atoms with Gasteiger partial charge < -0.3 is 14.2 Å². The van der Waals surface area contributed by atoms with Gasteiger partial charge >= 0.3 is 12.1 Å². The average molecular weight is 675 g/mol. The lowest BCUT2D eigenvalue weighted by molar-refractivity contribution is -0.152. The Balaban J connectivity index is 1.59. The Morgan fingerprint density at radius 3 is 2.33 bits per heavy atom. The van der Waals surface area contributed by atoms with Gasteiger partial charge in [-0.3, -0.25) is 23.3 Å². The first kappa shape index (κ1) is 34.3. The van der Waals surface area contributed by atoms with Crippen molar-refractivity contribution >= 4 is 40.0 Å². The third-order valence-corrected chi connectivity index (χ3v) is 7.61. The number of hydrogen-bond acceptors (Lipinski definition) is 9. The number of hydrogen-bond donors (Lipinski definition) is 1. The molecule has 0 aliphatic rings. The van der Waals surface area contributed by atoms with Crippen LogP contribution < -0.4 is 9.04 Å². The van der Waals surface area contributed by atoms with Gasteiger partial charge in [-0.1, -0.05) is 12.1 Å². The van der Waals surface area contributed by atoms with E-state index in [9.17, 15) is 18.4 Å². The van der Waals surface area contributed by atoms with Gasteiger partial charge in [0.15, 0.2) is 0 Å². The fraction of sp³-hybridized carbons (Fsp3) is 0.324. The third kappa shape index (κ3) is 8.06. The van der Waals surface area contributed by atoms with E-state index in [-0.39, 0.29) is 11.4 Å². The standard InChI is InChI=1S/C34H38N6O7S/c1-33(2,3)46-30(41)21-40(48(43)44)28-14-23(10-11-29(28)45-7)24-13-26-27(20-39(31(26)36-16-24)32(42)47-34(4,5)6)25-17-37-38(19-25)18-22-9-8-12-35-15-22/h8-17,19-20H,18,21H2,1-7H3,(H,43,44). The average Bonchev–Trinajstić information content (AvgIpc) is 3.62. The topological polar surface area (TPSA) is 151 Å². The summed E-state index contributed by atoms with van der Waals surface area (Å²) in [5.74, 6) is -0.408. The van der Waals surface area contributed by atoms with Crippen LogP contribution in [0, 0.1) is 0 Å². The molecule has 1 aromatic carbocycles. The lowest BCUT2D eigenvalue weighted by Gasteiger charge is -2.25. The lowest BCUT2D eigenvalue weighted by atomic mass is 10.0. The zero-order chi connectivity index (χ0) is 34.8. The van der Waals surface area contributed by atoms with Crippen molar-refractivity contribution in [1.29, 1.82) is 0 Å². The number of benzene rings is 1. The van der Waals surface area contributed by atoms with E-state index in [0.29, 0.717) is 34.3 Å². The molecule has 0 bridgehead atoms. The van der Waals surface area contributed by atoms with Gasteiger partial charge in [0.2, 0.25) is 0 Å². The number of esters is 1. The number of carbonyl (C=O) groups excluding carboxylic acids is 2. The van der Waals surface area contributed by atoms with Crippen LogP contribution in [0.5, 0.6) is 5.75 Å². The highest BCUT2D eigenvalue weighted by Crippen LogP contribution is 2.37. The lowest BCUT2D eigenvalue weighted by Crippen LogP contribution is -2.36. The maximum absolute atomic E-state index is 13.3. The summed E-state index contributed by atoms with van der Waals surface area (Å²) >= 11 is -2.58. The van der Waals surface area contributed by atoms with E-state index in [1.165, 1.54) is 11.7 Å². The minimum Gasteiger partial charge on any atom is -0.495 e. The molecule has 14 heteroatoms. The number of methoxy groups -OCH3 is 1. The van der Waals surface area contributed by atoms with Gasteiger partial charge in [0, 0.05) is 53.1 Å². The summed E-state index contributed by atoms with van der Waals surface area (Å²) in [5, 5.41) is 5.18. The van der Waals surface area contributed by atoms with E-state index >= 15 is 0 Å². The second-order valence-electron chi connectivity index (χ2n) is 13.0. The maximum atomic E-state index is 13.3. The fourth-order valence-corrected chi connectivity index (χ4v) is 5.52. The molecular weight excluding hydrogens is 636 g/mol. The quantitative estimate of drug-likeness (QED) is 0.144. The van der Waals surface area contributed by atoms with Gasteiger partial charge in [-0.25, -0.2) is 18.6 Å². The number of pyridine rings is 2.